The second-order valence-corrected chi connectivity index (χ2v) is 4.32. The largest absolute Gasteiger partial charge is 0.308 e. The number of hydrazine groups is 1. The first-order chi connectivity index (χ1) is 7.88. The van der Waals surface area contributed by atoms with E-state index in [1.165, 1.54) is 6.92 Å². The summed E-state index contributed by atoms with van der Waals surface area (Å²) >= 11 is 0. The standard InChI is InChI=1S/C11H24N4O2/c1-9(16)8-13-10(2)11(17)15(12-3)7-6-14(4)5/h10,12-13H,6-8H2,1-5H3/t10-/m0/s1. The molecule has 0 unspecified atom stereocenters. The quantitative estimate of drug-likeness (QED) is 0.541. The van der Waals surface area contributed by atoms with Gasteiger partial charge in [-0.1, -0.05) is 0 Å². The van der Waals surface area contributed by atoms with Gasteiger partial charge in [0.2, 0.25) is 0 Å². The van der Waals surface area contributed by atoms with Crippen LogP contribution in [0.5, 0.6) is 0 Å². The summed E-state index contributed by atoms with van der Waals surface area (Å²) in [6.45, 7) is 4.86. The maximum Gasteiger partial charge on any atom is 0.253 e. The number of amides is 1. The zero-order valence-corrected chi connectivity index (χ0v) is 11.4. The van der Waals surface area contributed by atoms with Crippen molar-refractivity contribution in [1.82, 2.24) is 20.7 Å². The van der Waals surface area contributed by atoms with Crippen molar-refractivity contribution in [2.75, 3.05) is 40.8 Å². The lowest BCUT2D eigenvalue weighted by Gasteiger charge is -2.26. The van der Waals surface area contributed by atoms with Gasteiger partial charge in [0.15, 0.2) is 0 Å². The molecule has 0 saturated heterocycles. The van der Waals surface area contributed by atoms with Crippen molar-refractivity contribution in [3.63, 3.8) is 0 Å². The molecule has 6 heteroatoms. The van der Waals surface area contributed by atoms with Gasteiger partial charge < -0.3 is 4.90 Å². The van der Waals surface area contributed by atoms with Gasteiger partial charge in [0, 0.05) is 13.6 Å². The molecule has 2 N–H and O–H groups in total. The number of rotatable bonds is 8. The van der Waals surface area contributed by atoms with Crippen LogP contribution in [0.2, 0.25) is 0 Å². The summed E-state index contributed by atoms with van der Waals surface area (Å²) in [4.78, 5) is 24.8. The summed E-state index contributed by atoms with van der Waals surface area (Å²) in [6, 6.07) is -0.367. The number of nitrogens with one attached hydrogen (secondary N) is 2. The van der Waals surface area contributed by atoms with Crippen LogP contribution in [0.4, 0.5) is 0 Å². The van der Waals surface area contributed by atoms with Gasteiger partial charge in [-0.3, -0.25) is 19.9 Å². The Morgan fingerprint density at radius 3 is 2.24 bits per heavy atom. The molecule has 0 rings (SSSR count). The molecule has 1 atom stereocenters. The molecule has 0 aromatic rings. The Bertz CT molecular complexity index is 256. The van der Waals surface area contributed by atoms with Crippen LogP contribution in [0, 0.1) is 0 Å². The summed E-state index contributed by atoms with van der Waals surface area (Å²) in [5.74, 6) is -0.0375. The van der Waals surface area contributed by atoms with E-state index in [1.54, 1.807) is 19.0 Å². The summed E-state index contributed by atoms with van der Waals surface area (Å²) in [7, 11) is 5.62. The molecule has 0 aromatic carbocycles. The molecule has 1 amide bonds. The van der Waals surface area contributed by atoms with Crippen molar-refractivity contribution in [3.05, 3.63) is 0 Å². The number of hydrogen-bond donors (Lipinski definition) is 2. The van der Waals surface area contributed by atoms with Gasteiger partial charge in [0.1, 0.15) is 5.78 Å². The lowest BCUT2D eigenvalue weighted by Crippen LogP contribution is -2.52. The molecule has 0 saturated carbocycles. The molecule has 0 aliphatic heterocycles. The third kappa shape index (κ3) is 7.04. The molecule has 0 aliphatic rings. The molecule has 0 spiro atoms. The summed E-state index contributed by atoms with van der Waals surface area (Å²) in [5, 5.41) is 4.44. The van der Waals surface area contributed by atoms with Crippen LogP contribution in [0.25, 0.3) is 0 Å². The Balaban J connectivity index is 4.17. The second kappa shape index (κ2) is 8.16. The maximum atomic E-state index is 12.0. The molecule has 0 fully saturated rings. The van der Waals surface area contributed by atoms with E-state index in [0.717, 1.165) is 6.54 Å². The summed E-state index contributed by atoms with van der Waals surface area (Å²) in [5.41, 5.74) is 2.86. The van der Waals surface area contributed by atoms with Crippen molar-refractivity contribution in [1.29, 1.82) is 0 Å². The van der Waals surface area contributed by atoms with Crippen LogP contribution in [-0.2, 0) is 9.59 Å². The van der Waals surface area contributed by atoms with Crippen molar-refractivity contribution >= 4 is 11.7 Å². The molecule has 6 nitrogen and oxygen atoms in total. The van der Waals surface area contributed by atoms with E-state index in [0.29, 0.717) is 6.54 Å². The topological polar surface area (TPSA) is 64.7 Å². The van der Waals surface area contributed by atoms with Crippen LogP contribution < -0.4 is 10.7 Å². The highest BCUT2D eigenvalue weighted by Gasteiger charge is 2.19. The van der Waals surface area contributed by atoms with Crippen molar-refractivity contribution in [3.8, 4) is 0 Å². The monoisotopic (exact) mass is 244 g/mol. The first kappa shape index (κ1) is 16.0. The van der Waals surface area contributed by atoms with Gasteiger partial charge in [-0.05, 0) is 27.9 Å². The summed E-state index contributed by atoms with van der Waals surface area (Å²) in [6.07, 6.45) is 0. The van der Waals surface area contributed by atoms with Crippen LogP contribution in [-0.4, -0.2) is 68.4 Å². The third-order valence-electron chi connectivity index (χ3n) is 2.33. The van der Waals surface area contributed by atoms with E-state index in [9.17, 15) is 9.59 Å². The number of ketones is 1. The van der Waals surface area contributed by atoms with Crippen LogP contribution in [0.3, 0.4) is 0 Å². The smallest absolute Gasteiger partial charge is 0.253 e. The van der Waals surface area contributed by atoms with Crippen molar-refractivity contribution < 1.29 is 9.59 Å². The minimum absolute atomic E-state index is 0.0222. The Labute approximate surface area is 103 Å². The Morgan fingerprint density at radius 2 is 1.82 bits per heavy atom. The lowest BCUT2D eigenvalue weighted by atomic mass is 10.3. The Hall–Kier alpha value is -0.980. The highest BCUT2D eigenvalue weighted by atomic mass is 16.2. The molecular formula is C11H24N4O2. The maximum absolute atomic E-state index is 12.0. The molecule has 0 heterocycles. The average Bonchev–Trinajstić information content (AvgIpc) is 2.25. The molecule has 100 valence electrons. The molecule has 0 aromatic heterocycles. The SMILES string of the molecule is CNN(CCN(C)C)C(=O)[C@H](C)NCC(C)=O. The molecule has 0 radical (unpaired) electrons. The first-order valence-electron chi connectivity index (χ1n) is 5.74. The molecule has 0 bridgehead atoms. The van der Waals surface area contributed by atoms with E-state index in [2.05, 4.69) is 10.7 Å². The number of Topliss-reactive ketones (excluding diaryl/α,β-unsaturated/α-hetero) is 1. The average molecular weight is 244 g/mol. The van der Waals surface area contributed by atoms with Gasteiger partial charge in [0.25, 0.3) is 5.91 Å². The summed E-state index contributed by atoms with van der Waals surface area (Å²) < 4.78 is 0. The zero-order valence-electron chi connectivity index (χ0n) is 11.4. The Morgan fingerprint density at radius 1 is 1.24 bits per heavy atom. The van der Waals surface area contributed by atoms with Gasteiger partial charge in [-0.25, -0.2) is 5.43 Å². The van der Waals surface area contributed by atoms with Crippen molar-refractivity contribution in [2.24, 2.45) is 0 Å². The van der Waals surface area contributed by atoms with Crippen LogP contribution in [0.1, 0.15) is 13.8 Å². The van der Waals surface area contributed by atoms with Crippen LogP contribution >= 0.6 is 0 Å². The predicted molar refractivity (Wildman–Crippen MR) is 67.5 cm³/mol. The van der Waals surface area contributed by atoms with Gasteiger partial charge in [-0.15, -0.1) is 0 Å². The predicted octanol–water partition coefficient (Wildman–Crippen LogP) is -0.922. The minimum Gasteiger partial charge on any atom is -0.308 e. The highest BCUT2D eigenvalue weighted by molar-refractivity contribution is 5.83. The molecule has 0 aliphatic carbocycles. The molecular weight excluding hydrogens is 220 g/mol. The normalized spacial score (nSPS) is 12.6. The number of likely N-dealkylation sites (N-methyl/N-ethyl adjacent to an activating group) is 1. The second-order valence-electron chi connectivity index (χ2n) is 4.32. The van der Waals surface area contributed by atoms with E-state index in [1.807, 2.05) is 19.0 Å². The van der Waals surface area contributed by atoms with Crippen molar-refractivity contribution in [2.45, 2.75) is 19.9 Å². The zero-order chi connectivity index (χ0) is 13.4. The fourth-order valence-corrected chi connectivity index (χ4v) is 1.25. The fourth-order valence-electron chi connectivity index (χ4n) is 1.25. The van der Waals surface area contributed by atoms with E-state index in [-0.39, 0.29) is 24.3 Å². The third-order valence-corrected chi connectivity index (χ3v) is 2.33. The van der Waals surface area contributed by atoms with Crippen LogP contribution in [0.15, 0.2) is 0 Å². The number of carbonyl (C=O) groups is 2. The number of nitrogens with zero attached hydrogens (tertiary/aromatic N) is 2. The fraction of sp³-hybridized carbons (Fsp3) is 0.818. The first-order valence-corrected chi connectivity index (χ1v) is 5.74. The Kier molecular flexibility index (Phi) is 7.69. The molecule has 17 heavy (non-hydrogen) atoms. The van der Waals surface area contributed by atoms with E-state index in [4.69, 9.17) is 0 Å². The van der Waals surface area contributed by atoms with E-state index < -0.39 is 0 Å². The number of hydrogen-bond acceptors (Lipinski definition) is 5. The minimum atomic E-state index is -0.367. The number of carbonyl (C=O) groups excluding carboxylic acids is 2. The lowest BCUT2D eigenvalue weighted by molar-refractivity contribution is -0.136. The van der Waals surface area contributed by atoms with Gasteiger partial charge >= 0.3 is 0 Å². The highest BCUT2D eigenvalue weighted by Crippen LogP contribution is 1.92. The van der Waals surface area contributed by atoms with Gasteiger partial charge in [-0.2, -0.15) is 0 Å². The van der Waals surface area contributed by atoms with Gasteiger partial charge in [0.05, 0.1) is 19.1 Å². The van der Waals surface area contributed by atoms with E-state index >= 15 is 0 Å².